The van der Waals surface area contributed by atoms with E-state index in [9.17, 15) is 9.59 Å². The molecule has 2 rings (SSSR count). The number of carbonyl (C=O) groups excluding carboxylic acids is 2. The first-order valence-corrected chi connectivity index (χ1v) is 6.15. The number of hydrogen-bond acceptors (Lipinski definition) is 5. The SMILES string of the molecule is CC(=O)c1csc(NC(=O)c2cccc(C)n2)n1. The summed E-state index contributed by atoms with van der Waals surface area (Å²) in [6.45, 7) is 3.25. The third-order valence-electron chi connectivity index (χ3n) is 2.21. The lowest BCUT2D eigenvalue weighted by atomic mass is 10.3. The minimum Gasteiger partial charge on any atom is -0.296 e. The predicted molar refractivity (Wildman–Crippen MR) is 69.0 cm³/mol. The van der Waals surface area contributed by atoms with Crippen LogP contribution in [-0.2, 0) is 0 Å². The van der Waals surface area contributed by atoms with E-state index in [1.54, 1.807) is 17.5 Å². The number of amides is 1. The van der Waals surface area contributed by atoms with Crippen LogP contribution in [0.2, 0.25) is 0 Å². The fraction of sp³-hybridized carbons (Fsp3) is 0.167. The Kier molecular flexibility index (Phi) is 3.47. The minimum atomic E-state index is -0.330. The van der Waals surface area contributed by atoms with Crippen LogP contribution in [0.4, 0.5) is 5.13 Å². The maximum atomic E-state index is 11.9. The maximum absolute atomic E-state index is 11.9. The number of anilines is 1. The van der Waals surface area contributed by atoms with E-state index < -0.39 is 0 Å². The Bertz CT molecular complexity index is 607. The first-order chi connectivity index (χ1) is 8.56. The van der Waals surface area contributed by atoms with E-state index in [2.05, 4.69) is 15.3 Å². The number of ketones is 1. The molecule has 0 aliphatic carbocycles. The lowest BCUT2D eigenvalue weighted by molar-refractivity contribution is 0.100. The number of pyridine rings is 1. The second-order valence-corrected chi connectivity index (χ2v) is 4.57. The molecule has 0 aliphatic rings. The van der Waals surface area contributed by atoms with Gasteiger partial charge in [-0.2, -0.15) is 0 Å². The number of rotatable bonds is 3. The molecule has 2 aromatic heterocycles. The van der Waals surface area contributed by atoms with Gasteiger partial charge in [0.25, 0.3) is 5.91 Å². The summed E-state index contributed by atoms with van der Waals surface area (Å²) in [5.74, 6) is -0.455. The molecular weight excluding hydrogens is 250 g/mol. The summed E-state index contributed by atoms with van der Waals surface area (Å²) < 4.78 is 0. The van der Waals surface area contributed by atoms with Gasteiger partial charge in [-0.25, -0.2) is 9.97 Å². The summed E-state index contributed by atoms with van der Waals surface area (Å²) in [5.41, 5.74) is 1.45. The Morgan fingerprint density at radius 2 is 2.00 bits per heavy atom. The molecule has 0 saturated carbocycles. The summed E-state index contributed by atoms with van der Waals surface area (Å²) in [7, 11) is 0. The van der Waals surface area contributed by atoms with E-state index in [4.69, 9.17) is 0 Å². The number of nitrogens with zero attached hydrogens (tertiary/aromatic N) is 2. The van der Waals surface area contributed by atoms with Gasteiger partial charge < -0.3 is 0 Å². The molecule has 2 heterocycles. The molecule has 0 aliphatic heterocycles. The standard InChI is InChI=1S/C12H11N3O2S/c1-7-4-3-5-9(13-7)11(17)15-12-14-10(6-18-12)8(2)16/h3-6H,1-2H3,(H,14,15,17). The second-order valence-electron chi connectivity index (χ2n) is 3.71. The molecule has 0 saturated heterocycles. The van der Waals surface area contributed by atoms with Gasteiger partial charge in [-0.1, -0.05) is 6.07 Å². The number of aromatic nitrogens is 2. The van der Waals surface area contributed by atoms with Gasteiger partial charge in [0, 0.05) is 18.0 Å². The Balaban J connectivity index is 2.13. The number of aryl methyl sites for hydroxylation is 1. The van der Waals surface area contributed by atoms with E-state index in [-0.39, 0.29) is 11.7 Å². The third-order valence-corrected chi connectivity index (χ3v) is 2.96. The molecular formula is C12H11N3O2S. The zero-order valence-corrected chi connectivity index (χ0v) is 10.7. The normalized spacial score (nSPS) is 10.1. The van der Waals surface area contributed by atoms with E-state index in [0.717, 1.165) is 5.69 Å². The average molecular weight is 261 g/mol. The Morgan fingerprint density at radius 3 is 2.61 bits per heavy atom. The van der Waals surface area contributed by atoms with Crippen LogP contribution in [0.5, 0.6) is 0 Å². The van der Waals surface area contributed by atoms with Crippen LogP contribution in [0, 0.1) is 6.92 Å². The molecule has 0 aromatic carbocycles. The first-order valence-electron chi connectivity index (χ1n) is 5.28. The van der Waals surface area contributed by atoms with Gasteiger partial charge in [-0.15, -0.1) is 11.3 Å². The van der Waals surface area contributed by atoms with Crippen LogP contribution in [0.1, 0.15) is 33.6 Å². The van der Waals surface area contributed by atoms with Crippen LogP contribution in [-0.4, -0.2) is 21.7 Å². The smallest absolute Gasteiger partial charge is 0.276 e. The highest BCUT2D eigenvalue weighted by Gasteiger charge is 2.11. The number of Topliss-reactive ketones (excluding diaryl/α,β-unsaturated/α-hetero) is 1. The fourth-order valence-corrected chi connectivity index (χ4v) is 2.07. The highest BCUT2D eigenvalue weighted by atomic mass is 32.1. The zero-order chi connectivity index (χ0) is 13.1. The summed E-state index contributed by atoms with van der Waals surface area (Å²) >= 11 is 1.21. The van der Waals surface area contributed by atoms with Crippen molar-refractivity contribution in [1.82, 2.24) is 9.97 Å². The molecule has 1 amide bonds. The highest BCUT2D eigenvalue weighted by Crippen LogP contribution is 2.16. The lowest BCUT2D eigenvalue weighted by Crippen LogP contribution is -2.14. The molecule has 0 bridgehead atoms. The van der Waals surface area contributed by atoms with Crippen molar-refractivity contribution in [3.63, 3.8) is 0 Å². The van der Waals surface area contributed by atoms with E-state index in [1.807, 2.05) is 13.0 Å². The summed E-state index contributed by atoms with van der Waals surface area (Å²) in [6, 6.07) is 5.20. The van der Waals surface area contributed by atoms with E-state index in [1.165, 1.54) is 18.3 Å². The summed E-state index contributed by atoms with van der Waals surface area (Å²) in [6.07, 6.45) is 0. The maximum Gasteiger partial charge on any atom is 0.276 e. The molecule has 6 heteroatoms. The highest BCUT2D eigenvalue weighted by molar-refractivity contribution is 7.14. The molecule has 0 atom stereocenters. The van der Waals surface area contributed by atoms with Crippen LogP contribution in [0.15, 0.2) is 23.6 Å². The fourth-order valence-electron chi connectivity index (χ4n) is 1.32. The predicted octanol–water partition coefficient (Wildman–Crippen LogP) is 2.30. The van der Waals surface area contributed by atoms with E-state index in [0.29, 0.717) is 16.5 Å². The molecule has 0 spiro atoms. The van der Waals surface area contributed by atoms with Gasteiger partial charge in [-0.3, -0.25) is 14.9 Å². The number of nitrogens with one attached hydrogen (secondary N) is 1. The average Bonchev–Trinajstić information content (AvgIpc) is 2.77. The third kappa shape index (κ3) is 2.78. The second kappa shape index (κ2) is 5.05. The summed E-state index contributed by atoms with van der Waals surface area (Å²) in [5, 5.41) is 4.62. The van der Waals surface area contributed by atoms with Gasteiger partial charge in [0.05, 0.1) is 0 Å². The number of thiazole rings is 1. The molecule has 5 nitrogen and oxygen atoms in total. The molecule has 0 radical (unpaired) electrons. The molecule has 92 valence electrons. The monoisotopic (exact) mass is 261 g/mol. The van der Waals surface area contributed by atoms with Crippen LogP contribution in [0.25, 0.3) is 0 Å². The lowest BCUT2D eigenvalue weighted by Gasteiger charge is -2.01. The molecule has 18 heavy (non-hydrogen) atoms. The summed E-state index contributed by atoms with van der Waals surface area (Å²) in [4.78, 5) is 31.0. The Morgan fingerprint density at radius 1 is 1.22 bits per heavy atom. The van der Waals surface area contributed by atoms with Crippen LogP contribution in [0.3, 0.4) is 0 Å². The van der Waals surface area contributed by atoms with Crippen LogP contribution >= 0.6 is 11.3 Å². The number of hydrogen-bond donors (Lipinski definition) is 1. The topological polar surface area (TPSA) is 72.0 Å². The molecule has 1 N–H and O–H groups in total. The van der Waals surface area contributed by atoms with E-state index >= 15 is 0 Å². The van der Waals surface area contributed by atoms with Crippen LogP contribution < -0.4 is 5.32 Å². The minimum absolute atomic E-state index is 0.125. The largest absolute Gasteiger partial charge is 0.296 e. The van der Waals surface area contributed by atoms with Crippen molar-refractivity contribution in [2.24, 2.45) is 0 Å². The van der Waals surface area contributed by atoms with Gasteiger partial charge >= 0.3 is 0 Å². The van der Waals surface area contributed by atoms with Gasteiger partial charge in [0.2, 0.25) is 0 Å². The van der Waals surface area contributed by atoms with Crippen molar-refractivity contribution in [2.75, 3.05) is 5.32 Å². The van der Waals surface area contributed by atoms with Crippen molar-refractivity contribution in [2.45, 2.75) is 13.8 Å². The van der Waals surface area contributed by atoms with Crippen molar-refractivity contribution >= 4 is 28.2 Å². The zero-order valence-electron chi connectivity index (χ0n) is 9.93. The number of carbonyl (C=O) groups is 2. The van der Waals surface area contributed by atoms with Crippen molar-refractivity contribution in [3.05, 3.63) is 40.7 Å². The van der Waals surface area contributed by atoms with Crippen molar-refractivity contribution < 1.29 is 9.59 Å². The quantitative estimate of drug-likeness (QED) is 0.860. The Hall–Kier alpha value is -2.08. The molecule has 0 fully saturated rings. The van der Waals surface area contributed by atoms with Crippen molar-refractivity contribution in [3.8, 4) is 0 Å². The van der Waals surface area contributed by atoms with Gasteiger partial charge in [-0.05, 0) is 19.1 Å². The first kappa shape index (κ1) is 12.4. The molecule has 0 unspecified atom stereocenters. The van der Waals surface area contributed by atoms with Crippen molar-refractivity contribution in [1.29, 1.82) is 0 Å². The Labute approximate surface area is 108 Å². The molecule has 2 aromatic rings. The van der Waals surface area contributed by atoms with Gasteiger partial charge in [0.15, 0.2) is 10.9 Å². The van der Waals surface area contributed by atoms with Gasteiger partial charge in [0.1, 0.15) is 11.4 Å².